The van der Waals surface area contributed by atoms with Crippen molar-refractivity contribution in [2.45, 2.75) is 62.3 Å². The standard InChI is InChI=1S/C22H26N2O5S/c1-2-3-14-24-17-10-11-18(15-8-7-9-16(19(15)17)20(24)25)30(28,29)23-22(21(26)27)12-5-4-6-13-22/h7-11,23H,2-6,12-14H2,1H3,(H,26,27)/p-1. The van der Waals surface area contributed by atoms with E-state index >= 15 is 0 Å². The van der Waals surface area contributed by atoms with E-state index in [0.29, 0.717) is 41.4 Å². The van der Waals surface area contributed by atoms with Crippen LogP contribution in [0.3, 0.4) is 0 Å². The second-order valence-electron chi connectivity index (χ2n) is 8.16. The van der Waals surface area contributed by atoms with Crippen LogP contribution in [0.5, 0.6) is 0 Å². The van der Waals surface area contributed by atoms with Crippen LogP contribution in [-0.4, -0.2) is 32.4 Å². The summed E-state index contributed by atoms with van der Waals surface area (Å²) >= 11 is 0. The molecule has 1 heterocycles. The largest absolute Gasteiger partial charge is 0.548 e. The van der Waals surface area contributed by atoms with E-state index in [4.69, 9.17) is 0 Å². The quantitative estimate of drug-likeness (QED) is 0.727. The molecule has 2 aliphatic rings. The van der Waals surface area contributed by atoms with Gasteiger partial charge in [-0.05, 0) is 37.5 Å². The van der Waals surface area contributed by atoms with Crippen LogP contribution < -0.4 is 14.7 Å². The number of carboxylic acid groups (broad SMARTS) is 1. The fraction of sp³-hybridized carbons (Fsp3) is 0.455. The lowest BCUT2D eigenvalue weighted by molar-refractivity contribution is -0.314. The van der Waals surface area contributed by atoms with Gasteiger partial charge in [0.05, 0.1) is 22.1 Å². The van der Waals surface area contributed by atoms with Gasteiger partial charge in [0.25, 0.3) is 5.91 Å². The van der Waals surface area contributed by atoms with Gasteiger partial charge in [0.2, 0.25) is 10.0 Å². The van der Waals surface area contributed by atoms with Crippen LogP contribution in [0.4, 0.5) is 5.69 Å². The fourth-order valence-corrected chi connectivity index (χ4v) is 6.23. The lowest BCUT2D eigenvalue weighted by atomic mass is 9.83. The van der Waals surface area contributed by atoms with Gasteiger partial charge in [-0.25, -0.2) is 8.42 Å². The molecule has 0 bridgehead atoms. The summed E-state index contributed by atoms with van der Waals surface area (Å²) in [6, 6.07) is 8.14. The number of aliphatic carboxylic acids is 1. The first-order valence-electron chi connectivity index (χ1n) is 10.4. The summed E-state index contributed by atoms with van der Waals surface area (Å²) in [4.78, 5) is 26.4. The van der Waals surface area contributed by atoms with Gasteiger partial charge in [0, 0.05) is 22.9 Å². The Balaban J connectivity index is 1.80. The van der Waals surface area contributed by atoms with Crippen LogP contribution in [-0.2, 0) is 14.8 Å². The zero-order chi connectivity index (χ0) is 21.5. The molecule has 0 spiro atoms. The number of carbonyl (C=O) groups excluding carboxylic acids is 2. The van der Waals surface area contributed by atoms with Crippen LogP contribution in [0.2, 0.25) is 0 Å². The highest BCUT2D eigenvalue weighted by molar-refractivity contribution is 7.89. The molecule has 1 aliphatic heterocycles. The Hall–Kier alpha value is -2.45. The molecule has 8 heteroatoms. The number of anilines is 1. The Kier molecular flexibility index (Phi) is 5.32. The predicted molar refractivity (Wildman–Crippen MR) is 112 cm³/mol. The molecule has 1 aliphatic carbocycles. The Morgan fingerprint density at radius 3 is 2.57 bits per heavy atom. The highest BCUT2D eigenvalue weighted by atomic mass is 32.2. The maximum Gasteiger partial charge on any atom is 0.258 e. The Bertz CT molecular complexity index is 1120. The average Bonchev–Trinajstić information content (AvgIpc) is 3.00. The number of rotatable bonds is 7. The fourth-order valence-electron chi connectivity index (χ4n) is 4.61. The molecule has 1 saturated carbocycles. The van der Waals surface area contributed by atoms with E-state index < -0.39 is 21.5 Å². The number of hydrogen-bond acceptors (Lipinski definition) is 5. The van der Waals surface area contributed by atoms with E-state index in [9.17, 15) is 23.1 Å². The van der Waals surface area contributed by atoms with Crippen molar-refractivity contribution < 1.29 is 23.1 Å². The minimum atomic E-state index is -4.15. The van der Waals surface area contributed by atoms with Crippen LogP contribution in [0.25, 0.3) is 10.8 Å². The van der Waals surface area contributed by atoms with Crippen LogP contribution in [0, 0.1) is 0 Å². The molecule has 2 aromatic carbocycles. The van der Waals surface area contributed by atoms with Crippen molar-refractivity contribution in [2.75, 3.05) is 11.4 Å². The van der Waals surface area contributed by atoms with Gasteiger partial charge in [-0.15, -0.1) is 0 Å². The second-order valence-corrected chi connectivity index (χ2v) is 9.81. The third-order valence-corrected chi connectivity index (χ3v) is 7.79. The van der Waals surface area contributed by atoms with Gasteiger partial charge >= 0.3 is 0 Å². The second kappa shape index (κ2) is 7.67. The maximum atomic E-state index is 13.3. The normalized spacial score (nSPS) is 18.2. The summed E-state index contributed by atoms with van der Waals surface area (Å²) in [6.45, 7) is 2.61. The van der Waals surface area contributed by atoms with Gasteiger partial charge in [0.1, 0.15) is 0 Å². The first-order valence-corrected chi connectivity index (χ1v) is 11.9. The van der Waals surface area contributed by atoms with Crippen molar-refractivity contribution in [3.05, 3.63) is 35.9 Å². The van der Waals surface area contributed by atoms with E-state index in [2.05, 4.69) is 4.72 Å². The molecule has 0 aromatic heterocycles. The van der Waals surface area contributed by atoms with Crippen molar-refractivity contribution in [1.82, 2.24) is 4.72 Å². The van der Waals surface area contributed by atoms with Crippen molar-refractivity contribution >= 4 is 38.4 Å². The zero-order valence-electron chi connectivity index (χ0n) is 16.9. The van der Waals surface area contributed by atoms with Crippen molar-refractivity contribution in [3.63, 3.8) is 0 Å². The average molecular weight is 430 g/mol. The topological polar surface area (TPSA) is 107 Å². The minimum Gasteiger partial charge on any atom is -0.548 e. The third-order valence-electron chi connectivity index (χ3n) is 6.20. The first-order chi connectivity index (χ1) is 14.3. The molecule has 4 rings (SSSR count). The maximum absolute atomic E-state index is 13.3. The van der Waals surface area contributed by atoms with Crippen molar-refractivity contribution in [2.24, 2.45) is 0 Å². The number of hydrogen-bond donors (Lipinski definition) is 1. The molecule has 0 saturated heterocycles. The molecule has 1 amide bonds. The summed E-state index contributed by atoms with van der Waals surface area (Å²) in [5, 5.41) is 12.9. The van der Waals surface area contributed by atoms with Gasteiger partial charge in [-0.2, -0.15) is 4.72 Å². The summed E-state index contributed by atoms with van der Waals surface area (Å²) in [6.07, 6.45) is 4.32. The number of carbonyl (C=O) groups is 2. The Labute approximate surface area is 176 Å². The Morgan fingerprint density at radius 2 is 1.90 bits per heavy atom. The van der Waals surface area contributed by atoms with E-state index in [1.807, 2.05) is 6.92 Å². The SMILES string of the molecule is CCCCN1C(=O)c2cccc3c(S(=O)(=O)NC4(C(=O)[O-])CCCCC4)ccc1c23. The van der Waals surface area contributed by atoms with E-state index in [1.165, 1.54) is 6.07 Å². The monoisotopic (exact) mass is 429 g/mol. The number of sulfonamides is 1. The molecule has 160 valence electrons. The van der Waals surface area contributed by atoms with Crippen LogP contribution in [0.1, 0.15) is 62.2 Å². The predicted octanol–water partition coefficient (Wildman–Crippen LogP) is 2.33. The van der Waals surface area contributed by atoms with Gasteiger partial charge < -0.3 is 14.8 Å². The van der Waals surface area contributed by atoms with Crippen molar-refractivity contribution in [3.8, 4) is 0 Å². The molecule has 1 fully saturated rings. The summed E-state index contributed by atoms with van der Waals surface area (Å²) < 4.78 is 29.0. The number of amides is 1. The third kappa shape index (κ3) is 3.28. The van der Waals surface area contributed by atoms with E-state index in [0.717, 1.165) is 19.3 Å². The lowest BCUT2D eigenvalue weighted by Gasteiger charge is -2.38. The molecule has 2 aromatic rings. The molecule has 0 unspecified atom stereocenters. The number of unbranched alkanes of at least 4 members (excludes halogenated alkanes) is 1. The molecule has 30 heavy (non-hydrogen) atoms. The van der Waals surface area contributed by atoms with Crippen molar-refractivity contribution in [1.29, 1.82) is 0 Å². The molecular formula is C22H25N2O5S-. The molecule has 0 atom stereocenters. The molecular weight excluding hydrogens is 404 g/mol. The van der Waals surface area contributed by atoms with Crippen LogP contribution >= 0.6 is 0 Å². The van der Waals surface area contributed by atoms with Crippen LogP contribution in [0.15, 0.2) is 35.2 Å². The number of carboxylic acids is 1. The number of benzene rings is 2. The lowest BCUT2D eigenvalue weighted by Crippen LogP contribution is -2.60. The summed E-state index contributed by atoms with van der Waals surface area (Å²) in [5.74, 6) is -1.53. The van der Waals surface area contributed by atoms with Gasteiger partial charge in [-0.1, -0.05) is 44.7 Å². The van der Waals surface area contributed by atoms with E-state index in [1.54, 1.807) is 29.2 Å². The smallest absolute Gasteiger partial charge is 0.258 e. The number of nitrogens with zero attached hydrogens (tertiary/aromatic N) is 1. The van der Waals surface area contributed by atoms with E-state index in [-0.39, 0.29) is 23.6 Å². The Morgan fingerprint density at radius 1 is 1.17 bits per heavy atom. The van der Waals surface area contributed by atoms with Gasteiger partial charge in [-0.3, -0.25) is 4.79 Å². The first kappa shape index (κ1) is 20.8. The molecule has 7 nitrogen and oxygen atoms in total. The highest BCUT2D eigenvalue weighted by Gasteiger charge is 2.39. The summed E-state index contributed by atoms with van der Waals surface area (Å²) in [5.41, 5.74) is -0.420. The molecule has 0 radical (unpaired) electrons. The summed E-state index contributed by atoms with van der Waals surface area (Å²) in [7, 11) is -4.15. The zero-order valence-corrected chi connectivity index (χ0v) is 17.8. The molecule has 1 N–H and O–H groups in total. The van der Waals surface area contributed by atoms with Gasteiger partial charge in [0.15, 0.2) is 0 Å². The minimum absolute atomic E-state index is 0.0144. The number of nitrogens with one attached hydrogen (secondary N) is 1. The highest BCUT2D eigenvalue weighted by Crippen LogP contribution is 2.41.